The summed E-state index contributed by atoms with van der Waals surface area (Å²) in [5.41, 5.74) is 1.09. The molecule has 0 spiro atoms. The second kappa shape index (κ2) is 7.86. The molecule has 0 aliphatic rings. The van der Waals surface area contributed by atoms with E-state index in [1.807, 2.05) is 36.4 Å². The maximum absolute atomic E-state index is 5.75. The molecule has 0 bridgehead atoms. The minimum absolute atomic E-state index is 0.429. The van der Waals surface area contributed by atoms with Gasteiger partial charge < -0.3 is 19.2 Å². The number of hydrogen-bond acceptors (Lipinski definition) is 4. The van der Waals surface area contributed by atoms with Gasteiger partial charge in [0.15, 0.2) is 0 Å². The molecule has 1 aromatic carbocycles. The molecule has 4 nitrogen and oxygen atoms in total. The Hall–Kier alpha value is -1.78. The highest BCUT2D eigenvalue weighted by Gasteiger charge is 2.04. The third kappa shape index (κ3) is 5.25. The maximum Gasteiger partial charge on any atom is 0.146 e. The van der Waals surface area contributed by atoms with Gasteiger partial charge in [0, 0.05) is 13.2 Å². The molecule has 0 radical (unpaired) electrons. The summed E-state index contributed by atoms with van der Waals surface area (Å²) in [6.07, 6.45) is 0. The largest absolute Gasteiger partial charge is 0.486 e. The third-order valence-corrected chi connectivity index (χ3v) is 2.99. The SMILES string of the molecule is COCc1cccc(OCc2ccc(CNC(C)C)o2)c1. The Morgan fingerprint density at radius 2 is 1.90 bits per heavy atom. The van der Waals surface area contributed by atoms with Crippen molar-refractivity contribution in [1.82, 2.24) is 5.32 Å². The molecule has 1 heterocycles. The molecule has 0 unspecified atom stereocenters. The fraction of sp³-hybridized carbons (Fsp3) is 0.412. The molecule has 0 aliphatic heterocycles. The van der Waals surface area contributed by atoms with Crippen LogP contribution in [0.1, 0.15) is 30.9 Å². The van der Waals surface area contributed by atoms with Crippen LogP contribution in [0.4, 0.5) is 0 Å². The Bertz CT molecular complexity index is 548. The van der Waals surface area contributed by atoms with Crippen LogP contribution in [-0.2, 0) is 24.5 Å². The van der Waals surface area contributed by atoms with E-state index in [9.17, 15) is 0 Å². The van der Waals surface area contributed by atoms with E-state index in [0.717, 1.165) is 29.4 Å². The van der Waals surface area contributed by atoms with Crippen molar-refractivity contribution in [2.75, 3.05) is 7.11 Å². The fourth-order valence-electron chi connectivity index (χ4n) is 1.95. The molecule has 0 fully saturated rings. The van der Waals surface area contributed by atoms with Crippen molar-refractivity contribution in [1.29, 1.82) is 0 Å². The first kappa shape index (κ1) is 15.6. The summed E-state index contributed by atoms with van der Waals surface area (Å²) < 4.78 is 16.6. The summed E-state index contributed by atoms with van der Waals surface area (Å²) in [4.78, 5) is 0. The summed E-state index contributed by atoms with van der Waals surface area (Å²) in [5, 5.41) is 3.32. The average Bonchev–Trinajstić information content (AvgIpc) is 2.92. The summed E-state index contributed by atoms with van der Waals surface area (Å²) in [6.45, 7) is 5.97. The lowest BCUT2D eigenvalue weighted by Gasteiger charge is -2.07. The van der Waals surface area contributed by atoms with Crippen LogP contribution in [0.2, 0.25) is 0 Å². The first-order chi connectivity index (χ1) is 10.2. The number of ether oxygens (including phenoxy) is 2. The van der Waals surface area contributed by atoms with Gasteiger partial charge in [-0.25, -0.2) is 0 Å². The fourth-order valence-corrected chi connectivity index (χ4v) is 1.95. The van der Waals surface area contributed by atoms with Gasteiger partial charge in [0.1, 0.15) is 23.9 Å². The minimum atomic E-state index is 0.429. The maximum atomic E-state index is 5.75. The second-order valence-electron chi connectivity index (χ2n) is 5.27. The van der Waals surface area contributed by atoms with E-state index in [0.29, 0.717) is 19.3 Å². The molecular formula is C17H23NO3. The Labute approximate surface area is 126 Å². The van der Waals surface area contributed by atoms with Crippen LogP contribution in [0.3, 0.4) is 0 Å². The van der Waals surface area contributed by atoms with E-state index in [-0.39, 0.29) is 0 Å². The molecule has 0 atom stereocenters. The lowest BCUT2D eigenvalue weighted by atomic mass is 10.2. The smallest absolute Gasteiger partial charge is 0.146 e. The third-order valence-electron chi connectivity index (χ3n) is 2.99. The van der Waals surface area contributed by atoms with Crippen molar-refractivity contribution < 1.29 is 13.9 Å². The van der Waals surface area contributed by atoms with Crippen LogP contribution in [-0.4, -0.2) is 13.2 Å². The van der Waals surface area contributed by atoms with Gasteiger partial charge in [0.2, 0.25) is 0 Å². The topological polar surface area (TPSA) is 43.6 Å². The van der Waals surface area contributed by atoms with E-state index in [1.54, 1.807) is 7.11 Å². The van der Waals surface area contributed by atoms with Crippen molar-refractivity contribution in [3.63, 3.8) is 0 Å². The highest BCUT2D eigenvalue weighted by Crippen LogP contribution is 2.17. The summed E-state index contributed by atoms with van der Waals surface area (Å²) >= 11 is 0. The lowest BCUT2D eigenvalue weighted by molar-refractivity contribution is 0.184. The van der Waals surface area contributed by atoms with Crippen molar-refractivity contribution in [2.24, 2.45) is 0 Å². The van der Waals surface area contributed by atoms with Gasteiger partial charge in [-0.15, -0.1) is 0 Å². The van der Waals surface area contributed by atoms with Crippen molar-refractivity contribution in [3.8, 4) is 5.75 Å². The number of methoxy groups -OCH3 is 1. The molecule has 1 aromatic heterocycles. The van der Waals surface area contributed by atoms with E-state index in [2.05, 4.69) is 19.2 Å². The van der Waals surface area contributed by atoms with E-state index in [4.69, 9.17) is 13.9 Å². The standard InChI is InChI=1S/C17H23NO3/c1-13(2)18-10-16-7-8-17(21-16)12-20-15-6-4-5-14(9-15)11-19-3/h4-9,13,18H,10-12H2,1-3H3. The molecule has 1 N–H and O–H groups in total. The van der Waals surface area contributed by atoms with Gasteiger partial charge in [-0.1, -0.05) is 26.0 Å². The molecule has 0 aliphatic carbocycles. The van der Waals surface area contributed by atoms with Crippen LogP contribution in [0.15, 0.2) is 40.8 Å². The second-order valence-corrected chi connectivity index (χ2v) is 5.27. The Morgan fingerprint density at radius 3 is 2.67 bits per heavy atom. The molecule has 0 amide bonds. The number of rotatable bonds is 8. The highest BCUT2D eigenvalue weighted by molar-refractivity contribution is 5.28. The normalized spacial score (nSPS) is 11.0. The number of hydrogen-bond donors (Lipinski definition) is 1. The zero-order chi connectivity index (χ0) is 15.1. The zero-order valence-electron chi connectivity index (χ0n) is 12.9. The minimum Gasteiger partial charge on any atom is -0.486 e. The van der Waals surface area contributed by atoms with Crippen molar-refractivity contribution in [3.05, 3.63) is 53.5 Å². The molecule has 21 heavy (non-hydrogen) atoms. The first-order valence-electron chi connectivity index (χ1n) is 7.19. The molecular weight excluding hydrogens is 266 g/mol. The van der Waals surface area contributed by atoms with Gasteiger partial charge in [-0.05, 0) is 29.8 Å². The molecule has 2 aromatic rings. The Balaban J connectivity index is 1.86. The summed E-state index contributed by atoms with van der Waals surface area (Å²) in [6, 6.07) is 12.3. The molecule has 4 heteroatoms. The van der Waals surface area contributed by atoms with E-state index in [1.165, 1.54) is 0 Å². The number of furan rings is 1. The lowest BCUT2D eigenvalue weighted by Crippen LogP contribution is -2.21. The van der Waals surface area contributed by atoms with Crippen LogP contribution < -0.4 is 10.1 Å². The van der Waals surface area contributed by atoms with Crippen LogP contribution >= 0.6 is 0 Å². The quantitative estimate of drug-likeness (QED) is 0.807. The summed E-state index contributed by atoms with van der Waals surface area (Å²) in [7, 11) is 1.68. The van der Waals surface area contributed by atoms with Crippen LogP contribution in [0.25, 0.3) is 0 Å². The predicted octanol–water partition coefficient (Wildman–Crippen LogP) is 3.50. The molecule has 0 saturated carbocycles. The van der Waals surface area contributed by atoms with Crippen LogP contribution in [0.5, 0.6) is 5.75 Å². The van der Waals surface area contributed by atoms with E-state index < -0.39 is 0 Å². The highest BCUT2D eigenvalue weighted by atomic mass is 16.5. The monoisotopic (exact) mass is 289 g/mol. The van der Waals surface area contributed by atoms with Gasteiger partial charge in [0.25, 0.3) is 0 Å². The molecule has 0 saturated heterocycles. The van der Waals surface area contributed by atoms with Crippen LogP contribution in [0, 0.1) is 0 Å². The zero-order valence-corrected chi connectivity index (χ0v) is 12.9. The Kier molecular flexibility index (Phi) is 5.84. The van der Waals surface area contributed by atoms with Gasteiger partial charge in [0.05, 0.1) is 13.2 Å². The van der Waals surface area contributed by atoms with Crippen molar-refractivity contribution in [2.45, 2.75) is 39.6 Å². The van der Waals surface area contributed by atoms with Gasteiger partial charge in [-0.2, -0.15) is 0 Å². The molecule has 2 rings (SSSR count). The van der Waals surface area contributed by atoms with Gasteiger partial charge in [-0.3, -0.25) is 0 Å². The number of nitrogens with one attached hydrogen (secondary N) is 1. The Morgan fingerprint density at radius 1 is 1.10 bits per heavy atom. The molecule has 114 valence electrons. The summed E-state index contributed by atoms with van der Waals surface area (Å²) in [5.74, 6) is 2.57. The predicted molar refractivity (Wildman–Crippen MR) is 82.2 cm³/mol. The van der Waals surface area contributed by atoms with Crippen molar-refractivity contribution >= 4 is 0 Å². The number of benzene rings is 1. The average molecular weight is 289 g/mol. The first-order valence-corrected chi connectivity index (χ1v) is 7.19. The van der Waals surface area contributed by atoms with Gasteiger partial charge >= 0.3 is 0 Å². The van der Waals surface area contributed by atoms with E-state index >= 15 is 0 Å².